The molecule has 1 aliphatic rings. The molecule has 1 aliphatic heterocycles. The summed E-state index contributed by atoms with van der Waals surface area (Å²) in [6.07, 6.45) is 1.51. The topological polar surface area (TPSA) is 58.2 Å². The minimum atomic E-state index is -3.55. The molecule has 0 spiro atoms. The lowest BCUT2D eigenvalue weighted by atomic mass is 9.80. The SMILES string of the molecule is CC1(C)CC(NS(=O)(=O)c2ccc(Br)cc2Br)CC(C)(C)N1. The van der Waals surface area contributed by atoms with Crippen LogP contribution < -0.4 is 10.0 Å². The minimum absolute atomic E-state index is 0.0909. The van der Waals surface area contributed by atoms with Crippen LogP contribution in [0.5, 0.6) is 0 Å². The molecule has 1 aromatic carbocycles. The van der Waals surface area contributed by atoms with Crippen molar-refractivity contribution in [2.24, 2.45) is 0 Å². The Morgan fingerprint density at radius 2 is 1.68 bits per heavy atom. The van der Waals surface area contributed by atoms with Gasteiger partial charge in [-0.05, 0) is 74.7 Å². The maximum Gasteiger partial charge on any atom is 0.241 e. The van der Waals surface area contributed by atoms with Crippen molar-refractivity contribution >= 4 is 41.9 Å². The van der Waals surface area contributed by atoms with Crippen LogP contribution in [0.25, 0.3) is 0 Å². The van der Waals surface area contributed by atoms with E-state index in [-0.39, 0.29) is 22.0 Å². The van der Waals surface area contributed by atoms with Crippen LogP contribution in [0.15, 0.2) is 32.0 Å². The molecule has 0 amide bonds. The molecule has 0 atom stereocenters. The van der Waals surface area contributed by atoms with E-state index in [1.54, 1.807) is 18.2 Å². The number of sulfonamides is 1. The molecule has 0 saturated carbocycles. The van der Waals surface area contributed by atoms with E-state index in [0.29, 0.717) is 4.47 Å². The number of hydrogen-bond acceptors (Lipinski definition) is 3. The Hall–Kier alpha value is 0.0500. The Kier molecular flexibility index (Phi) is 5.15. The van der Waals surface area contributed by atoms with Gasteiger partial charge in [-0.1, -0.05) is 15.9 Å². The van der Waals surface area contributed by atoms with Crippen molar-refractivity contribution in [1.82, 2.24) is 10.0 Å². The third-order valence-electron chi connectivity index (χ3n) is 3.70. The lowest BCUT2D eigenvalue weighted by molar-refractivity contribution is 0.157. The van der Waals surface area contributed by atoms with E-state index in [1.165, 1.54) is 0 Å². The molecule has 0 bridgehead atoms. The Labute approximate surface area is 149 Å². The molecule has 0 aliphatic carbocycles. The molecule has 2 rings (SSSR count). The molecule has 2 N–H and O–H groups in total. The Balaban J connectivity index is 2.25. The van der Waals surface area contributed by atoms with Crippen LogP contribution >= 0.6 is 31.9 Å². The Bertz CT molecular complexity index is 656. The van der Waals surface area contributed by atoms with E-state index in [2.05, 4.69) is 69.6 Å². The molecule has 0 radical (unpaired) electrons. The summed E-state index contributed by atoms with van der Waals surface area (Å²) in [5, 5.41) is 3.56. The third-order valence-corrected chi connectivity index (χ3v) is 6.69. The van der Waals surface area contributed by atoms with Gasteiger partial charge in [0.05, 0.1) is 4.90 Å². The summed E-state index contributed by atoms with van der Waals surface area (Å²) in [4.78, 5) is 0.268. The van der Waals surface area contributed by atoms with Crippen LogP contribution in [0, 0.1) is 0 Å². The zero-order valence-electron chi connectivity index (χ0n) is 13.2. The van der Waals surface area contributed by atoms with Crippen LogP contribution in [0.3, 0.4) is 0 Å². The fourth-order valence-electron chi connectivity index (χ4n) is 3.38. The summed E-state index contributed by atoms with van der Waals surface area (Å²) in [6.45, 7) is 8.41. The van der Waals surface area contributed by atoms with E-state index in [9.17, 15) is 8.42 Å². The van der Waals surface area contributed by atoms with Gasteiger partial charge in [0, 0.05) is 26.1 Å². The molecule has 1 fully saturated rings. The lowest BCUT2D eigenvalue weighted by Gasteiger charge is -2.46. The standard InChI is InChI=1S/C15H22Br2N2O2S/c1-14(2)8-11(9-15(3,4)19-14)18-22(20,21)13-6-5-10(16)7-12(13)17/h5-7,11,18-19H,8-9H2,1-4H3. The fraction of sp³-hybridized carbons (Fsp3) is 0.600. The molecule has 7 heteroatoms. The summed E-state index contributed by atoms with van der Waals surface area (Å²) in [5.41, 5.74) is -0.211. The summed E-state index contributed by atoms with van der Waals surface area (Å²) < 4.78 is 29.6. The van der Waals surface area contributed by atoms with Crippen molar-refractivity contribution in [3.05, 3.63) is 27.1 Å². The highest BCUT2D eigenvalue weighted by molar-refractivity contribution is 9.11. The molecular weight excluding hydrogens is 432 g/mol. The van der Waals surface area contributed by atoms with E-state index in [4.69, 9.17) is 0 Å². The van der Waals surface area contributed by atoms with Gasteiger partial charge in [-0.15, -0.1) is 0 Å². The second-order valence-corrected chi connectivity index (χ2v) is 10.6. The predicted octanol–water partition coefficient (Wildman–Crippen LogP) is 3.80. The number of hydrogen-bond donors (Lipinski definition) is 2. The second kappa shape index (κ2) is 6.16. The van der Waals surface area contributed by atoms with Crippen molar-refractivity contribution < 1.29 is 8.42 Å². The first-order chi connectivity index (χ1) is 9.90. The summed E-state index contributed by atoms with van der Waals surface area (Å²) in [5.74, 6) is 0. The molecule has 124 valence electrons. The van der Waals surface area contributed by atoms with Gasteiger partial charge in [-0.3, -0.25) is 0 Å². The smallest absolute Gasteiger partial charge is 0.241 e. The minimum Gasteiger partial charge on any atom is -0.307 e. The van der Waals surface area contributed by atoms with Crippen molar-refractivity contribution in [1.29, 1.82) is 0 Å². The molecule has 4 nitrogen and oxygen atoms in total. The normalized spacial score (nSPS) is 21.7. The van der Waals surface area contributed by atoms with Crippen molar-refractivity contribution in [2.75, 3.05) is 0 Å². The third kappa shape index (κ3) is 4.54. The first kappa shape index (κ1) is 18.4. The average molecular weight is 454 g/mol. The van der Waals surface area contributed by atoms with Gasteiger partial charge in [-0.2, -0.15) is 0 Å². The second-order valence-electron chi connectivity index (χ2n) is 7.19. The Morgan fingerprint density at radius 1 is 1.14 bits per heavy atom. The number of halogens is 2. The largest absolute Gasteiger partial charge is 0.307 e. The predicted molar refractivity (Wildman–Crippen MR) is 96.5 cm³/mol. The number of benzene rings is 1. The van der Waals surface area contributed by atoms with E-state index < -0.39 is 10.0 Å². The molecule has 22 heavy (non-hydrogen) atoms. The number of rotatable bonds is 3. The summed E-state index contributed by atoms with van der Waals surface area (Å²) in [6, 6.07) is 4.99. The monoisotopic (exact) mass is 452 g/mol. The fourth-order valence-corrected chi connectivity index (χ4v) is 6.36. The van der Waals surface area contributed by atoms with E-state index >= 15 is 0 Å². The number of piperidine rings is 1. The summed E-state index contributed by atoms with van der Waals surface area (Å²) >= 11 is 6.67. The first-order valence-electron chi connectivity index (χ1n) is 7.17. The lowest BCUT2D eigenvalue weighted by Crippen LogP contribution is -2.62. The van der Waals surface area contributed by atoms with Gasteiger partial charge in [0.2, 0.25) is 10.0 Å². The molecule has 1 aromatic rings. The maximum atomic E-state index is 12.7. The molecule has 1 heterocycles. The van der Waals surface area contributed by atoms with Crippen molar-refractivity contribution in [3.8, 4) is 0 Å². The van der Waals surface area contributed by atoms with Crippen molar-refractivity contribution in [3.63, 3.8) is 0 Å². The molecule has 1 saturated heterocycles. The summed E-state index contributed by atoms with van der Waals surface area (Å²) in [7, 11) is -3.55. The van der Waals surface area contributed by atoms with Crippen LogP contribution in [0.2, 0.25) is 0 Å². The van der Waals surface area contributed by atoms with Gasteiger partial charge in [-0.25, -0.2) is 13.1 Å². The zero-order valence-corrected chi connectivity index (χ0v) is 17.2. The van der Waals surface area contributed by atoms with Crippen molar-refractivity contribution in [2.45, 2.75) is 62.6 Å². The van der Waals surface area contributed by atoms with Gasteiger partial charge in [0.1, 0.15) is 0 Å². The average Bonchev–Trinajstić information content (AvgIpc) is 2.21. The van der Waals surface area contributed by atoms with Gasteiger partial charge >= 0.3 is 0 Å². The highest BCUT2D eigenvalue weighted by atomic mass is 79.9. The highest BCUT2D eigenvalue weighted by Crippen LogP contribution is 2.31. The first-order valence-corrected chi connectivity index (χ1v) is 10.2. The molecule has 0 unspecified atom stereocenters. The van der Waals surface area contributed by atoms with Gasteiger partial charge < -0.3 is 5.32 Å². The van der Waals surface area contributed by atoms with Crippen LogP contribution in [-0.2, 0) is 10.0 Å². The van der Waals surface area contributed by atoms with Gasteiger partial charge in [0.25, 0.3) is 0 Å². The molecule has 0 aromatic heterocycles. The van der Waals surface area contributed by atoms with Crippen LogP contribution in [0.4, 0.5) is 0 Å². The quantitative estimate of drug-likeness (QED) is 0.731. The maximum absolute atomic E-state index is 12.7. The zero-order chi connectivity index (χ0) is 16.8. The van der Waals surface area contributed by atoms with E-state index in [0.717, 1.165) is 17.3 Å². The van der Waals surface area contributed by atoms with Crippen LogP contribution in [-0.4, -0.2) is 25.5 Å². The van der Waals surface area contributed by atoms with E-state index in [1.807, 2.05) is 0 Å². The Morgan fingerprint density at radius 3 is 2.18 bits per heavy atom. The number of nitrogens with one attached hydrogen (secondary N) is 2. The van der Waals surface area contributed by atoms with Gasteiger partial charge in [0.15, 0.2) is 0 Å². The highest BCUT2D eigenvalue weighted by Gasteiger charge is 2.39. The van der Waals surface area contributed by atoms with Crippen LogP contribution in [0.1, 0.15) is 40.5 Å². The molecular formula is C15H22Br2N2O2S.